The first-order chi connectivity index (χ1) is 12.0. The summed E-state index contributed by atoms with van der Waals surface area (Å²) < 4.78 is 57.1. The van der Waals surface area contributed by atoms with Gasteiger partial charge in [0.25, 0.3) is 0 Å². The second-order valence-corrected chi connectivity index (χ2v) is 4.92. The molecule has 0 saturated heterocycles. The second kappa shape index (κ2) is 8.53. The van der Waals surface area contributed by atoms with E-state index in [0.717, 1.165) is 24.3 Å². The van der Waals surface area contributed by atoms with Crippen LogP contribution in [0.4, 0.5) is 13.2 Å². The molecule has 0 spiro atoms. The molecule has 0 radical (unpaired) electrons. The molecule has 0 heterocycles. The van der Waals surface area contributed by atoms with Gasteiger partial charge in [-0.25, -0.2) is 18.0 Å². The normalized spacial score (nSPS) is 11.9. The molecule has 0 bridgehead atoms. The van der Waals surface area contributed by atoms with Gasteiger partial charge in [-0.2, -0.15) is 0 Å². The number of ether oxygens (including phenoxy) is 3. The third-order valence-corrected chi connectivity index (χ3v) is 3.23. The summed E-state index contributed by atoms with van der Waals surface area (Å²) in [6.45, 7) is 3.24. The van der Waals surface area contributed by atoms with E-state index in [4.69, 9.17) is 14.2 Å². The third-order valence-electron chi connectivity index (χ3n) is 3.23. The lowest BCUT2D eigenvalue weighted by Gasteiger charge is -2.18. The van der Waals surface area contributed by atoms with Gasteiger partial charge in [0.15, 0.2) is 17.7 Å². The van der Waals surface area contributed by atoms with E-state index in [1.54, 1.807) is 13.8 Å². The van der Waals surface area contributed by atoms with Gasteiger partial charge in [-0.05, 0) is 50.2 Å². The molecule has 0 N–H and O–H groups in total. The Balaban J connectivity index is 2.40. The summed E-state index contributed by atoms with van der Waals surface area (Å²) in [7, 11) is 0. The molecule has 0 unspecified atom stereocenters. The lowest BCUT2D eigenvalue weighted by Crippen LogP contribution is -2.21. The number of hydrogen-bond donors (Lipinski definition) is 0. The van der Waals surface area contributed by atoms with Gasteiger partial charge in [-0.3, -0.25) is 0 Å². The highest BCUT2D eigenvalue weighted by Crippen LogP contribution is 2.33. The monoisotopic (exact) mass is 354 g/mol. The Morgan fingerprint density at radius 2 is 1.68 bits per heavy atom. The fraction of sp³-hybridized carbons (Fsp3) is 0.278. The topological polar surface area (TPSA) is 44.8 Å². The Morgan fingerprint density at radius 1 is 1.00 bits per heavy atom. The number of hydrogen-bond acceptors (Lipinski definition) is 4. The summed E-state index contributed by atoms with van der Waals surface area (Å²) in [4.78, 5) is 12.0. The highest BCUT2D eigenvalue weighted by Gasteiger charge is 2.31. The van der Waals surface area contributed by atoms with Crippen LogP contribution in [0.1, 0.15) is 25.5 Å². The molecule has 0 saturated carbocycles. The maximum atomic E-state index is 14.7. The molecule has 0 aliphatic rings. The first-order valence-electron chi connectivity index (χ1n) is 7.67. The van der Waals surface area contributed by atoms with Crippen molar-refractivity contribution in [2.24, 2.45) is 0 Å². The van der Waals surface area contributed by atoms with Crippen LogP contribution < -0.4 is 4.74 Å². The first kappa shape index (κ1) is 18.8. The van der Waals surface area contributed by atoms with Gasteiger partial charge < -0.3 is 14.2 Å². The van der Waals surface area contributed by atoms with Gasteiger partial charge in [0, 0.05) is 6.61 Å². The van der Waals surface area contributed by atoms with E-state index >= 15 is 0 Å². The molecule has 0 aliphatic heterocycles. The van der Waals surface area contributed by atoms with Gasteiger partial charge in [0.1, 0.15) is 17.4 Å². The third kappa shape index (κ3) is 4.51. The smallest absolute Gasteiger partial charge is 0.340 e. The van der Waals surface area contributed by atoms with Gasteiger partial charge in [-0.15, -0.1) is 0 Å². The van der Waals surface area contributed by atoms with Crippen molar-refractivity contribution in [3.05, 3.63) is 59.4 Å². The van der Waals surface area contributed by atoms with Crippen LogP contribution in [-0.4, -0.2) is 19.2 Å². The zero-order valence-electron chi connectivity index (χ0n) is 13.7. The fourth-order valence-corrected chi connectivity index (χ4v) is 2.15. The van der Waals surface area contributed by atoms with Gasteiger partial charge in [0.05, 0.1) is 12.2 Å². The predicted molar refractivity (Wildman–Crippen MR) is 83.8 cm³/mol. The molecular weight excluding hydrogens is 337 g/mol. The van der Waals surface area contributed by atoms with Crippen molar-refractivity contribution in [2.45, 2.75) is 20.0 Å². The van der Waals surface area contributed by atoms with E-state index in [0.29, 0.717) is 0 Å². The van der Waals surface area contributed by atoms with Crippen molar-refractivity contribution in [1.29, 1.82) is 0 Å². The Kier molecular flexibility index (Phi) is 6.41. The Morgan fingerprint density at radius 3 is 2.28 bits per heavy atom. The molecule has 134 valence electrons. The maximum absolute atomic E-state index is 14.7. The molecule has 0 aliphatic carbocycles. The summed E-state index contributed by atoms with van der Waals surface area (Å²) >= 11 is 0. The van der Waals surface area contributed by atoms with E-state index in [1.165, 1.54) is 12.1 Å². The quantitative estimate of drug-likeness (QED) is 0.685. The summed E-state index contributed by atoms with van der Waals surface area (Å²) in [5.41, 5.74) is -0.597. The van der Waals surface area contributed by atoms with E-state index in [2.05, 4.69) is 0 Å². The number of carbonyl (C=O) groups excluding carboxylic acids is 1. The summed E-state index contributed by atoms with van der Waals surface area (Å²) in [5, 5.41) is 0. The molecular formula is C18H17F3O4. The zero-order chi connectivity index (χ0) is 18.4. The molecule has 4 nitrogen and oxygen atoms in total. The van der Waals surface area contributed by atoms with Crippen molar-refractivity contribution in [3.8, 4) is 11.5 Å². The molecule has 1 atom stereocenters. The SMILES string of the molecule is CCOC(=O)[C@@H](OCC)c1c(F)ccc(Oc2ccc(F)cc2)c1F. The number of esters is 1. The van der Waals surface area contributed by atoms with Crippen molar-refractivity contribution >= 4 is 5.97 Å². The molecule has 7 heteroatoms. The fourth-order valence-electron chi connectivity index (χ4n) is 2.15. The van der Waals surface area contributed by atoms with Crippen molar-refractivity contribution < 1.29 is 32.2 Å². The minimum Gasteiger partial charge on any atom is -0.464 e. The molecule has 2 aromatic rings. The molecule has 0 amide bonds. The minimum atomic E-state index is -1.55. The average molecular weight is 354 g/mol. The van der Waals surface area contributed by atoms with Crippen LogP contribution in [0.5, 0.6) is 11.5 Å². The predicted octanol–water partition coefficient (Wildman–Crippen LogP) is 4.54. The molecule has 0 aromatic heterocycles. The molecule has 0 fully saturated rings. The van der Waals surface area contributed by atoms with E-state index < -0.39 is 35.1 Å². The van der Waals surface area contributed by atoms with E-state index in [-0.39, 0.29) is 24.7 Å². The van der Waals surface area contributed by atoms with Crippen LogP contribution in [0.25, 0.3) is 0 Å². The van der Waals surface area contributed by atoms with Crippen LogP contribution in [0.3, 0.4) is 0 Å². The van der Waals surface area contributed by atoms with Crippen LogP contribution in [0.15, 0.2) is 36.4 Å². The lowest BCUT2D eigenvalue weighted by atomic mass is 10.1. The Bertz CT molecular complexity index is 732. The Labute approximate surface area is 143 Å². The van der Waals surface area contributed by atoms with Crippen LogP contribution in [0.2, 0.25) is 0 Å². The first-order valence-corrected chi connectivity index (χ1v) is 7.67. The van der Waals surface area contributed by atoms with Crippen LogP contribution >= 0.6 is 0 Å². The molecule has 2 rings (SSSR count). The highest BCUT2D eigenvalue weighted by atomic mass is 19.1. The largest absolute Gasteiger partial charge is 0.464 e. The highest BCUT2D eigenvalue weighted by molar-refractivity contribution is 5.77. The van der Waals surface area contributed by atoms with E-state index in [1.807, 2.05) is 0 Å². The second-order valence-electron chi connectivity index (χ2n) is 4.92. The van der Waals surface area contributed by atoms with Crippen molar-refractivity contribution in [1.82, 2.24) is 0 Å². The maximum Gasteiger partial charge on any atom is 0.340 e. The number of halogens is 3. The van der Waals surface area contributed by atoms with Crippen LogP contribution in [-0.2, 0) is 14.3 Å². The molecule has 2 aromatic carbocycles. The van der Waals surface area contributed by atoms with Crippen molar-refractivity contribution in [3.63, 3.8) is 0 Å². The van der Waals surface area contributed by atoms with Crippen molar-refractivity contribution in [2.75, 3.05) is 13.2 Å². The minimum absolute atomic E-state index is 0.0391. The lowest BCUT2D eigenvalue weighted by molar-refractivity contribution is -0.157. The van der Waals surface area contributed by atoms with Gasteiger partial charge in [-0.1, -0.05) is 0 Å². The molecule has 25 heavy (non-hydrogen) atoms. The number of rotatable bonds is 7. The number of carbonyl (C=O) groups is 1. The Hall–Kier alpha value is -2.54. The zero-order valence-corrected chi connectivity index (χ0v) is 13.7. The average Bonchev–Trinajstić information content (AvgIpc) is 2.59. The van der Waals surface area contributed by atoms with Gasteiger partial charge >= 0.3 is 5.97 Å². The van der Waals surface area contributed by atoms with Gasteiger partial charge in [0.2, 0.25) is 0 Å². The standard InChI is InChI=1S/C18H17F3O4/c1-3-23-17(18(22)24-4-2)15-13(20)9-10-14(16(15)21)25-12-7-5-11(19)6-8-12/h5-10,17H,3-4H2,1-2H3/t17-/m0/s1. The summed E-state index contributed by atoms with van der Waals surface area (Å²) in [6, 6.07) is 6.90. The van der Waals surface area contributed by atoms with Crippen LogP contribution in [0, 0.1) is 17.5 Å². The number of benzene rings is 2. The summed E-state index contributed by atoms with van der Waals surface area (Å²) in [5.74, 6) is -3.60. The summed E-state index contributed by atoms with van der Waals surface area (Å²) in [6.07, 6.45) is -1.55. The van der Waals surface area contributed by atoms with E-state index in [9.17, 15) is 18.0 Å².